The van der Waals surface area contributed by atoms with Crippen molar-refractivity contribution >= 4 is 28.4 Å². The number of anilines is 1. The van der Waals surface area contributed by atoms with E-state index in [1.165, 1.54) is 23.2 Å². The molecule has 5 aromatic rings. The van der Waals surface area contributed by atoms with Crippen LogP contribution in [0.5, 0.6) is 0 Å². The summed E-state index contributed by atoms with van der Waals surface area (Å²) in [4.78, 5) is 31.6. The zero-order chi connectivity index (χ0) is 28.3. The monoisotopic (exact) mass is 539 g/mol. The number of rotatable bonds is 7. The molecule has 0 saturated carbocycles. The highest BCUT2D eigenvalue weighted by atomic mass is 19.4. The van der Waals surface area contributed by atoms with Crippen molar-refractivity contribution in [2.75, 3.05) is 11.4 Å². The van der Waals surface area contributed by atoms with Crippen LogP contribution in [0.1, 0.15) is 27.0 Å². The molecular formula is C32H24F3N3O2. The van der Waals surface area contributed by atoms with Gasteiger partial charge in [-0.15, -0.1) is 0 Å². The summed E-state index contributed by atoms with van der Waals surface area (Å²) in [5.74, 6) is -0.386. The Morgan fingerprint density at radius 3 is 2.17 bits per heavy atom. The number of nitrogens with two attached hydrogens (primary N) is 1. The Kier molecular flexibility index (Phi) is 7.33. The fourth-order valence-corrected chi connectivity index (χ4v) is 4.76. The van der Waals surface area contributed by atoms with E-state index < -0.39 is 17.8 Å². The van der Waals surface area contributed by atoms with Crippen molar-refractivity contribution in [2.45, 2.75) is 12.6 Å². The Hall–Kier alpha value is -4.98. The van der Waals surface area contributed by atoms with Crippen LogP contribution in [0.25, 0.3) is 22.0 Å². The first-order chi connectivity index (χ1) is 19.2. The first-order valence-electron chi connectivity index (χ1n) is 12.5. The molecule has 4 aromatic carbocycles. The summed E-state index contributed by atoms with van der Waals surface area (Å²) in [6, 6.07) is 27.9. The summed E-state index contributed by atoms with van der Waals surface area (Å²) in [6.45, 7) is 0.286. The fraction of sp³-hybridized carbons (Fsp3) is 0.0938. The molecule has 40 heavy (non-hydrogen) atoms. The number of benzene rings is 4. The van der Waals surface area contributed by atoms with Crippen molar-refractivity contribution in [1.29, 1.82) is 0 Å². The van der Waals surface area contributed by atoms with Crippen LogP contribution in [0, 0.1) is 0 Å². The van der Waals surface area contributed by atoms with Crippen LogP contribution in [0.15, 0.2) is 109 Å². The molecule has 5 nitrogen and oxygen atoms in total. The number of carbonyl (C=O) groups is 2. The number of para-hydroxylation sites is 1. The van der Waals surface area contributed by atoms with Gasteiger partial charge in [0.25, 0.3) is 0 Å². The van der Waals surface area contributed by atoms with Gasteiger partial charge in [-0.1, -0.05) is 84.9 Å². The average molecular weight is 540 g/mol. The number of amides is 2. The maximum atomic E-state index is 13.9. The number of aromatic nitrogens is 1. The second-order valence-corrected chi connectivity index (χ2v) is 9.22. The number of alkyl halides is 3. The Bertz CT molecular complexity index is 1690. The minimum Gasteiger partial charge on any atom is -0.351 e. The zero-order valence-corrected chi connectivity index (χ0v) is 21.2. The van der Waals surface area contributed by atoms with Gasteiger partial charge in [-0.25, -0.2) is 4.79 Å². The molecule has 0 radical (unpaired) electrons. The van der Waals surface area contributed by atoms with Crippen LogP contribution >= 0.6 is 0 Å². The van der Waals surface area contributed by atoms with Gasteiger partial charge in [-0.3, -0.25) is 14.7 Å². The third kappa shape index (κ3) is 5.42. The SMILES string of the molecule is NC(=O)N(CCc1ccccc1)c1cccc(-c2c(C(=O)c3ccccc3)cnc3c(C(F)(F)F)cccc23)c1. The highest BCUT2D eigenvalue weighted by molar-refractivity contribution is 6.17. The first kappa shape index (κ1) is 26.6. The minimum absolute atomic E-state index is 0.144. The third-order valence-electron chi connectivity index (χ3n) is 6.66. The Balaban J connectivity index is 1.67. The lowest BCUT2D eigenvalue weighted by molar-refractivity contribution is -0.136. The number of urea groups is 1. The van der Waals surface area contributed by atoms with E-state index in [-0.39, 0.29) is 28.8 Å². The Morgan fingerprint density at radius 1 is 0.825 bits per heavy atom. The molecule has 5 rings (SSSR count). The fourth-order valence-electron chi connectivity index (χ4n) is 4.76. The van der Waals surface area contributed by atoms with E-state index in [1.54, 1.807) is 54.6 Å². The third-order valence-corrected chi connectivity index (χ3v) is 6.66. The molecule has 200 valence electrons. The van der Waals surface area contributed by atoms with Crippen molar-refractivity contribution in [1.82, 2.24) is 4.98 Å². The molecule has 0 fully saturated rings. The van der Waals surface area contributed by atoms with Gasteiger partial charge in [-0.05, 0) is 35.7 Å². The van der Waals surface area contributed by atoms with E-state index in [1.807, 2.05) is 30.3 Å². The molecule has 0 atom stereocenters. The van der Waals surface area contributed by atoms with Gasteiger partial charge in [0.1, 0.15) is 0 Å². The molecule has 0 aliphatic carbocycles. The number of halogens is 3. The molecular weight excluding hydrogens is 515 g/mol. The van der Waals surface area contributed by atoms with Crippen LogP contribution in [-0.2, 0) is 12.6 Å². The van der Waals surface area contributed by atoms with E-state index in [0.29, 0.717) is 28.8 Å². The highest BCUT2D eigenvalue weighted by Gasteiger charge is 2.34. The van der Waals surface area contributed by atoms with Crippen LogP contribution in [0.4, 0.5) is 23.7 Å². The Labute approximate surface area is 228 Å². The predicted octanol–water partition coefficient (Wildman–Crippen LogP) is 7.28. The van der Waals surface area contributed by atoms with Crippen molar-refractivity contribution in [3.63, 3.8) is 0 Å². The molecule has 0 saturated heterocycles. The smallest absolute Gasteiger partial charge is 0.351 e. The molecule has 2 amide bonds. The molecule has 0 aliphatic heterocycles. The summed E-state index contributed by atoms with van der Waals surface area (Å²) in [5, 5.41) is 0.170. The van der Waals surface area contributed by atoms with Gasteiger partial charge in [0.15, 0.2) is 5.78 Å². The zero-order valence-electron chi connectivity index (χ0n) is 21.2. The average Bonchev–Trinajstić information content (AvgIpc) is 2.96. The molecule has 8 heteroatoms. The molecule has 1 aromatic heterocycles. The van der Waals surface area contributed by atoms with E-state index >= 15 is 0 Å². The second-order valence-electron chi connectivity index (χ2n) is 9.22. The quantitative estimate of drug-likeness (QED) is 0.221. The summed E-state index contributed by atoms with van der Waals surface area (Å²) < 4.78 is 41.7. The van der Waals surface area contributed by atoms with Crippen LogP contribution in [0.3, 0.4) is 0 Å². The van der Waals surface area contributed by atoms with Gasteiger partial charge in [0, 0.05) is 40.5 Å². The van der Waals surface area contributed by atoms with Gasteiger partial charge < -0.3 is 5.73 Å². The molecule has 0 bridgehead atoms. The number of carbonyl (C=O) groups excluding carboxylic acids is 2. The lowest BCUT2D eigenvalue weighted by Gasteiger charge is -2.22. The molecule has 1 heterocycles. The molecule has 0 spiro atoms. The lowest BCUT2D eigenvalue weighted by Crippen LogP contribution is -2.37. The standard InChI is InChI=1S/C32H24F3N3O2/c33-32(34,35)27-16-8-15-25-28(26(20-37-29(25)27)30(39)22-11-5-2-6-12-22)23-13-7-14-24(19-23)38(31(36)40)18-17-21-9-3-1-4-10-21/h1-16,19-20H,17-18H2,(H2,36,40). The first-order valence-corrected chi connectivity index (χ1v) is 12.5. The number of fused-ring (bicyclic) bond motifs is 1. The van der Waals surface area contributed by atoms with Crippen molar-refractivity contribution < 1.29 is 22.8 Å². The summed E-state index contributed by atoms with van der Waals surface area (Å²) in [6.07, 6.45) is -2.91. The van der Waals surface area contributed by atoms with Gasteiger partial charge in [-0.2, -0.15) is 13.2 Å². The van der Waals surface area contributed by atoms with E-state index in [4.69, 9.17) is 5.73 Å². The maximum Gasteiger partial charge on any atom is 0.418 e. The topological polar surface area (TPSA) is 76.3 Å². The van der Waals surface area contributed by atoms with Gasteiger partial charge >= 0.3 is 12.2 Å². The molecule has 0 aliphatic rings. The predicted molar refractivity (Wildman–Crippen MR) is 149 cm³/mol. The van der Waals surface area contributed by atoms with Gasteiger partial charge in [0.2, 0.25) is 0 Å². The number of primary amides is 1. The van der Waals surface area contributed by atoms with Crippen LogP contribution in [-0.4, -0.2) is 23.3 Å². The molecule has 0 unspecified atom stereocenters. The largest absolute Gasteiger partial charge is 0.418 e. The van der Waals surface area contributed by atoms with Crippen molar-refractivity contribution in [2.24, 2.45) is 5.73 Å². The van der Waals surface area contributed by atoms with E-state index in [0.717, 1.165) is 11.6 Å². The number of ketones is 1. The number of hydrogen-bond acceptors (Lipinski definition) is 3. The molecule has 2 N–H and O–H groups in total. The highest BCUT2D eigenvalue weighted by Crippen LogP contribution is 2.39. The second kappa shape index (κ2) is 11.0. The number of pyridine rings is 1. The van der Waals surface area contributed by atoms with E-state index in [9.17, 15) is 22.8 Å². The normalized spacial score (nSPS) is 11.4. The minimum atomic E-state index is -4.64. The van der Waals surface area contributed by atoms with Crippen LogP contribution in [0.2, 0.25) is 0 Å². The van der Waals surface area contributed by atoms with Crippen LogP contribution < -0.4 is 10.6 Å². The van der Waals surface area contributed by atoms with Crippen molar-refractivity contribution in [3.05, 3.63) is 132 Å². The Morgan fingerprint density at radius 2 is 1.50 bits per heavy atom. The maximum absolute atomic E-state index is 13.9. The van der Waals surface area contributed by atoms with Gasteiger partial charge in [0.05, 0.1) is 11.1 Å². The summed E-state index contributed by atoms with van der Waals surface area (Å²) >= 11 is 0. The summed E-state index contributed by atoms with van der Waals surface area (Å²) in [7, 11) is 0. The van der Waals surface area contributed by atoms with Crippen molar-refractivity contribution in [3.8, 4) is 11.1 Å². The summed E-state index contributed by atoms with van der Waals surface area (Å²) in [5.41, 5.74) is 7.29. The number of hydrogen-bond donors (Lipinski definition) is 1. The van der Waals surface area contributed by atoms with E-state index in [2.05, 4.69) is 4.98 Å². The number of nitrogens with zero attached hydrogens (tertiary/aromatic N) is 2. The lowest BCUT2D eigenvalue weighted by atomic mass is 9.91.